The van der Waals surface area contributed by atoms with Crippen LogP contribution in [-0.2, 0) is 10.9 Å². The Morgan fingerprint density at radius 2 is 1.96 bits per heavy atom. The number of hydrogen-bond donors (Lipinski definition) is 2. The van der Waals surface area contributed by atoms with Crippen molar-refractivity contribution >= 4 is 11.6 Å². The summed E-state index contributed by atoms with van der Waals surface area (Å²) >= 11 is 0. The number of aromatic nitrogens is 3. The predicted octanol–water partition coefficient (Wildman–Crippen LogP) is 2.98. The van der Waals surface area contributed by atoms with Gasteiger partial charge in [-0.2, -0.15) is 13.2 Å². The third kappa shape index (κ3) is 4.36. The molecule has 1 saturated heterocycles. The Kier molecular flexibility index (Phi) is 5.03. The molecule has 1 fully saturated rings. The summed E-state index contributed by atoms with van der Waals surface area (Å²) < 4.78 is 44.9. The third-order valence-corrected chi connectivity index (χ3v) is 4.05. The van der Waals surface area contributed by atoms with Crippen LogP contribution in [-0.4, -0.2) is 34.7 Å². The largest absolute Gasteiger partial charge is 0.418 e. The van der Waals surface area contributed by atoms with Gasteiger partial charge in [0.15, 0.2) is 0 Å². The lowest BCUT2D eigenvalue weighted by Crippen LogP contribution is -2.23. The highest BCUT2D eigenvalue weighted by Gasteiger charge is 2.34. The molecule has 1 aliphatic rings. The highest BCUT2D eigenvalue weighted by atomic mass is 19.4. The number of nitrogens with two attached hydrogens (primary N) is 1. The number of rotatable bonds is 4. The van der Waals surface area contributed by atoms with Gasteiger partial charge in [-0.25, -0.2) is 9.97 Å². The summed E-state index contributed by atoms with van der Waals surface area (Å²) in [5.41, 5.74) is 4.62. The second-order valence-electron chi connectivity index (χ2n) is 5.88. The van der Waals surface area contributed by atoms with Crippen LogP contribution in [0.2, 0.25) is 0 Å². The van der Waals surface area contributed by atoms with E-state index in [4.69, 9.17) is 10.5 Å². The van der Waals surface area contributed by atoms with Gasteiger partial charge in [-0.3, -0.25) is 4.98 Å². The molecule has 0 unspecified atom stereocenters. The summed E-state index contributed by atoms with van der Waals surface area (Å²) in [5.74, 6) is 0.861. The fraction of sp³-hybridized carbons (Fsp3) is 0.438. The smallest absolute Gasteiger partial charge is 0.384 e. The van der Waals surface area contributed by atoms with Crippen LogP contribution in [0, 0.1) is 5.92 Å². The summed E-state index contributed by atoms with van der Waals surface area (Å²) in [6, 6.07) is 1.16. The molecule has 2 aromatic rings. The average Bonchev–Trinajstić information content (AvgIpc) is 2.60. The number of alkyl halides is 3. The molecule has 2 aromatic heterocycles. The van der Waals surface area contributed by atoms with Crippen LogP contribution in [0.1, 0.15) is 18.4 Å². The monoisotopic (exact) mass is 353 g/mol. The minimum absolute atomic E-state index is 0.00892. The molecule has 0 aromatic carbocycles. The number of anilines is 2. The van der Waals surface area contributed by atoms with Gasteiger partial charge in [-0.05, 0) is 24.8 Å². The Morgan fingerprint density at radius 3 is 2.68 bits per heavy atom. The maximum atomic E-state index is 13.2. The van der Waals surface area contributed by atoms with E-state index in [1.54, 1.807) is 0 Å². The van der Waals surface area contributed by atoms with Crippen LogP contribution < -0.4 is 11.1 Å². The normalized spacial score (nSPS) is 16.0. The zero-order chi connectivity index (χ0) is 17.9. The van der Waals surface area contributed by atoms with Gasteiger partial charge in [0.2, 0.25) is 0 Å². The summed E-state index contributed by atoms with van der Waals surface area (Å²) in [5, 5.41) is 3.14. The number of pyridine rings is 1. The number of ether oxygens (including phenoxy) is 1. The molecule has 6 nitrogen and oxygen atoms in total. The van der Waals surface area contributed by atoms with E-state index in [2.05, 4.69) is 20.3 Å². The summed E-state index contributed by atoms with van der Waals surface area (Å²) in [7, 11) is 0. The van der Waals surface area contributed by atoms with Crippen LogP contribution in [0.4, 0.5) is 24.8 Å². The molecule has 1 aliphatic heterocycles. The molecule has 0 amide bonds. The third-order valence-electron chi connectivity index (χ3n) is 4.05. The first kappa shape index (κ1) is 17.4. The lowest BCUT2D eigenvalue weighted by atomic mass is 10.0. The molecule has 0 spiro atoms. The minimum atomic E-state index is -4.55. The molecular weight excluding hydrogens is 335 g/mol. The van der Waals surface area contributed by atoms with Crippen LogP contribution in [0.5, 0.6) is 0 Å². The SMILES string of the molecule is Nc1cc(-c2cncc(NCC3CCOCC3)n2)c(C(F)(F)F)cn1. The first-order chi connectivity index (χ1) is 11.9. The zero-order valence-electron chi connectivity index (χ0n) is 13.4. The van der Waals surface area contributed by atoms with E-state index in [0.717, 1.165) is 32.1 Å². The molecular formula is C16H18F3N5O. The predicted molar refractivity (Wildman–Crippen MR) is 86.7 cm³/mol. The highest BCUT2D eigenvalue weighted by Crippen LogP contribution is 2.36. The molecule has 3 N–H and O–H groups in total. The summed E-state index contributed by atoms with van der Waals surface area (Å²) in [6.45, 7) is 2.12. The zero-order valence-corrected chi connectivity index (χ0v) is 13.4. The Morgan fingerprint density at radius 1 is 1.20 bits per heavy atom. The number of nitrogens with one attached hydrogen (secondary N) is 1. The lowest BCUT2D eigenvalue weighted by molar-refractivity contribution is -0.137. The van der Waals surface area contributed by atoms with Gasteiger partial charge < -0.3 is 15.8 Å². The van der Waals surface area contributed by atoms with Gasteiger partial charge in [0.25, 0.3) is 0 Å². The summed E-state index contributed by atoms with van der Waals surface area (Å²) in [4.78, 5) is 11.8. The van der Waals surface area contributed by atoms with Gasteiger partial charge in [0, 0.05) is 31.5 Å². The van der Waals surface area contributed by atoms with Gasteiger partial charge in [0.1, 0.15) is 11.6 Å². The molecule has 25 heavy (non-hydrogen) atoms. The Balaban J connectivity index is 1.83. The quantitative estimate of drug-likeness (QED) is 0.879. The molecule has 9 heteroatoms. The molecule has 0 atom stereocenters. The van der Waals surface area contributed by atoms with Crippen molar-refractivity contribution in [3.05, 3.63) is 30.2 Å². The van der Waals surface area contributed by atoms with Gasteiger partial charge in [-0.1, -0.05) is 0 Å². The number of hydrogen-bond acceptors (Lipinski definition) is 6. The van der Waals surface area contributed by atoms with Gasteiger partial charge in [0.05, 0.1) is 23.7 Å². The molecule has 0 aliphatic carbocycles. The van der Waals surface area contributed by atoms with Crippen molar-refractivity contribution in [2.24, 2.45) is 5.92 Å². The van der Waals surface area contributed by atoms with Crippen LogP contribution in [0.15, 0.2) is 24.7 Å². The molecule has 3 rings (SSSR count). The van der Waals surface area contributed by atoms with Crippen LogP contribution in [0.25, 0.3) is 11.3 Å². The molecule has 3 heterocycles. The van der Waals surface area contributed by atoms with Crippen molar-refractivity contribution in [2.45, 2.75) is 19.0 Å². The van der Waals surface area contributed by atoms with Crippen molar-refractivity contribution in [2.75, 3.05) is 30.8 Å². The van der Waals surface area contributed by atoms with E-state index in [1.165, 1.54) is 12.4 Å². The summed E-state index contributed by atoms with van der Waals surface area (Å²) in [6.07, 6.45) is 0.820. The Bertz CT molecular complexity index is 732. The molecule has 0 saturated carbocycles. The van der Waals surface area contributed by atoms with Crippen molar-refractivity contribution < 1.29 is 17.9 Å². The molecule has 134 valence electrons. The molecule has 0 radical (unpaired) electrons. The Hall–Kier alpha value is -2.42. The van der Waals surface area contributed by atoms with Crippen molar-refractivity contribution in [1.82, 2.24) is 15.0 Å². The standard InChI is InChI=1S/C16H18F3N5O/c17-16(18,19)12-7-22-14(20)5-11(12)13-8-21-9-15(24-13)23-6-10-1-3-25-4-2-10/h5,7-10H,1-4,6H2,(H2,20,22)(H,23,24). The lowest BCUT2D eigenvalue weighted by Gasteiger charge is -2.22. The topological polar surface area (TPSA) is 86.0 Å². The maximum Gasteiger partial charge on any atom is 0.418 e. The maximum absolute atomic E-state index is 13.2. The first-order valence-electron chi connectivity index (χ1n) is 7.90. The number of halogens is 3. The van der Waals surface area contributed by atoms with Crippen LogP contribution in [0.3, 0.4) is 0 Å². The van der Waals surface area contributed by atoms with Crippen molar-refractivity contribution in [3.63, 3.8) is 0 Å². The Labute approximate surface area is 142 Å². The van der Waals surface area contributed by atoms with E-state index >= 15 is 0 Å². The first-order valence-corrected chi connectivity index (χ1v) is 7.90. The average molecular weight is 353 g/mol. The molecule has 0 bridgehead atoms. The van der Waals surface area contributed by atoms with Crippen molar-refractivity contribution in [3.8, 4) is 11.3 Å². The van der Waals surface area contributed by atoms with E-state index in [9.17, 15) is 13.2 Å². The minimum Gasteiger partial charge on any atom is -0.384 e. The number of nitrogen functional groups attached to an aromatic ring is 1. The number of nitrogens with zero attached hydrogens (tertiary/aromatic N) is 3. The highest BCUT2D eigenvalue weighted by molar-refractivity contribution is 5.67. The van der Waals surface area contributed by atoms with Crippen LogP contribution >= 0.6 is 0 Å². The second kappa shape index (κ2) is 7.22. The van der Waals surface area contributed by atoms with E-state index in [-0.39, 0.29) is 17.1 Å². The van der Waals surface area contributed by atoms with Gasteiger partial charge >= 0.3 is 6.18 Å². The van der Waals surface area contributed by atoms with Crippen molar-refractivity contribution in [1.29, 1.82) is 0 Å². The van der Waals surface area contributed by atoms with E-state index in [1.807, 2.05) is 0 Å². The second-order valence-corrected chi connectivity index (χ2v) is 5.88. The van der Waals surface area contributed by atoms with Gasteiger partial charge in [-0.15, -0.1) is 0 Å². The fourth-order valence-corrected chi connectivity index (χ4v) is 2.69. The van der Waals surface area contributed by atoms with E-state index < -0.39 is 11.7 Å². The van der Waals surface area contributed by atoms with E-state index in [0.29, 0.717) is 24.5 Å². The fourth-order valence-electron chi connectivity index (χ4n) is 2.69.